The van der Waals surface area contributed by atoms with Gasteiger partial charge < -0.3 is 4.74 Å². The van der Waals surface area contributed by atoms with E-state index in [1.807, 2.05) is 13.8 Å². The van der Waals surface area contributed by atoms with Crippen LogP contribution >= 0.6 is 22.6 Å². The zero-order valence-corrected chi connectivity index (χ0v) is 9.69. The van der Waals surface area contributed by atoms with Crippen LogP contribution in [0.1, 0.15) is 30.6 Å². The van der Waals surface area contributed by atoms with Crippen LogP contribution in [0.2, 0.25) is 0 Å². The summed E-state index contributed by atoms with van der Waals surface area (Å²) in [6.07, 6.45) is 2.26. The molecule has 1 heterocycles. The third-order valence-electron chi connectivity index (χ3n) is 1.65. The van der Waals surface area contributed by atoms with E-state index in [0.29, 0.717) is 12.3 Å². The molecule has 72 valence electrons. The molecule has 0 aliphatic heterocycles. The summed E-state index contributed by atoms with van der Waals surface area (Å²) in [5, 5.41) is 4.06. The van der Waals surface area contributed by atoms with Crippen LogP contribution in [0.3, 0.4) is 0 Å². The van der Waals surface area contributed by atoms with Crippen molar-refractivity contribution in [1.82, 2.24) is 9.78 Å². The molecule has 0 bridgehead atoms. The van der Waals surface area contributed by atoms with Crippen molar-refractivity contribution >= 4 is 28.9 Å². The summed E-state index contributed by atoms with van der Waals surface area (Å²) < 4.78 is 7.75. The second-order valence-electron chi connectivity index (χ2n) is 2.49. The minimum Gasteiger partial charge on any atom is -0.357 e. The van der Waals surface area contributed by atoms with Gasteiger partial charge in [0.05, 0.1) is 9.77 Å². The number of aldehydes is 1. The van der Waals surface area contributed by atoms with E-state index in [0.717, 1.165) is 9.86 Å². The van der Waals surface area contributed by atoms with E-state index in [-0.39, 0.29) is 6.23 Å². The third-order valence-corrected chi connectivity index (χ3v) is 2.48. The number of carbonyl (C=O) groups is 1. The molecule has 0 amide bonds. The van der Waals surface area contributed by atoms with Crippen molar-refractivity contribution in [2.45, 2.75) is 20.1 Å². The van der Waals surface area contributed by atoms with Gasteiger partial charge in [-0.25, -0.2) is 4.68 Å². The molecular weight excluding hydrogens is 283 g/mol. The highest BCUT2D eigenvalue weighted by atomic mass is 127. The lowest BCUT2D eigenvalue weighted by atomic mass is 10.4. The molecule has 1 aromatic rings. The summed E-state index contributed by atoms with van der Waals surface area (Å²) in [4.78, 5) is 10.7. The van der Waals surface area contributed by atoms with Gasteiger partial charge in [0.25, 0.3) is 0 Å². The van der Waals surface area contributed by atoms with E-state index in [1.165, 1.54) is 0 Å². The fourth-order valence-electron chi connectivity index (χ4n) is 1.06. The normalized spacial score (nSPS) is 12.8. The third kappa shape index (κ3) is 2.28. The molecule has 1 atom stereocenters. The number of carbonyl (C=O) groups excluding carboxylic acids is 1. The molecule has 0 saturated carbocycles. The topological polar surface area (TPSA) is 44.1 Å². The summed E-state index contributed by atoms with van der Waals surface area (Å²) in [5.74, 6) is 0. The molecule has 0 radical (unpaired) electrons. The highest BCUT2D eigenvalue weighted by molar-refractivity contribution is 14.1. The Morgan fingerprint density at radius 3 is 3.08 bits per heavy atom. The average molecular weight is 294 g/mol. The highest BCUT2D eigenvalue weighted by Gasteiger charge is 2.12. The lowest BCUT2D eigenvalue weighted by Crippen LogP contribution is -2.13. The fraction of sp³-hybridized carbons (Fsp3) is 0.500. The van der Waals surface area contributed by atoms with E-state index in [1.54, 1.807) is 10.9 Å². The van der Waals surface area contributed by atoms with E-state index in [4.69, 9.17) is 4.74 Å². The number of aromatic nitrogens is 2. The van der Waals surface area contributed by atoms with Gasteiger partial charge in [0, 0.05) is 6.61 Å². The van der Waals surface area contributed by atoms with Gasteiger partial charge in [0.2, 0.25) is 0 Å². The fourth-order valence-corrected chi connectivity index (χ4v) is 1.56. The Bertz CT molecular complexity index is 298. The summed E-state index contributed by atoms with van der Waals surface area (Å²) in [5.41, 5.74) is 0.571. The standard InChI is InChI=1S/C8H11IN2O2/c1-3-13-6(2)11-8(5-12)7(9)4-10-11/h4-6H,3H2,1-2H3. The van der Waals surface area contributed by atoms with Crippen LogP contribution in [0.25, 0.3) is 0 Å². The van der Waals surface area contributed by atoms with Crippen LogP contribution in [-0.4, -0.2) is 22.7 Å². The van der Waals surface area contributed by atoms with E-state index in [2.05, 4.69) is 27.7 Å². The van der Waals surface area contributed by atoms with Gasteiger partial charge >= 0.3 is 0 Å². The minimum absolute atomic E-state index is 0.186. The summed E-state index contributed by atoms with van der Waals surface area (Å²) in [6.45, 7) is 4.38. The second-order valence-corrected chi connectivity index (χ2v) is 3.66. The van der Waals surface area contributed by atoms with Gasteiger partial charge in [-0.15, -0.1) is 0 Å². The summed E-state index contributed by atoms with van der Waals surface area (Å²) >= 11 is 2.07. The summed E-state index contributed by atoms with van der Waals surface area (Å²) in [6, 6.07) is 0. The van der Waals surface area contributed by atoms with Crippen LogP contribution in [-0.2, 0) is 4.74 Å². The number of hydrogen-bond acceptors (Lipinski definition) is 3. The Morgan fingerprint density at radius 2 is 2.54 bits per heavy atom. The van der Waals surface area contributed by atoms with Crippen LogP contribution in [0, 0.1) is 3.57 Å². The smallest absolute Gasteiger partial charge is 0.169 e. The molecule has 0 aliphatic carbocycles. The first-order chi connectivity index (χ1) is 6.20. The maximum atomic E-state index is 10.7. The molecule has 0 aromatic carbocycles. The SMILES string of the molecule is CCOC(C)n1ncc(I)c1C=O. The van der Waals surface area contributed by atoms with E-state index < -0.39 is 0 Å². The Labute approximate surface area is 90.4 Å². The maximum Gasteiger partial charge on any atom is 0.169 e. The van der Waals surface area contributed by atoms with Crippen LogP contribution < -0.4 is 0 Å². The molecule has 0 saturated heterocycles. The van der Waals surface area contributed by atoms with Crippen molar-refractivity contribution in [2.24, 2.45) is 0 Å². The number of nitrogens with zero attached hydrogens (tertiary/aromatic N) is 2. The first kappa shape index (κ1) is 10.6. The van der Waals surface area contributed by atoms with Crippen molar-refractivity contribution in [2.75, 3.05) is 6.61 Å². The zero-order chi connectivity index (χ0) is 9.84. The monoisotopic (exact) mass is 294 g/mol. The first-order valence-corrected chi connectivity index (χ1v) is 5.08. The Morgan fingerprint density at radius 1 is 1.85 bits per heavy atom. The Hall–Kier alpha value is -0.430. The van der Waals surface area contributed by atoms with Gasteiger partial charge in [-0.1, -0.05) is 0 Å². The Balaban J connectivity index is 2.92. The van der Waals surface area contributed by atoms with Gasteiger partial charge in [-0.05, 0) is 36.4 Å². The zero-order valence-electron chi connectivity index (χ0n) is 7.53. The van der Waals surface area contributed by atoms with Crippen molar-refractivity contribution in [1.29, 1.82) is 0 Å². The van der Waals surface area contributed by atoms with Crippen LogP contribution in [0.15, 0.2) is 6.20 Å². The van der Waals surface area contributed by atoms with Crippen LogP contribution in [0.5, 0.6) is 0 Å². The molecule has 13 heavy (non-hydrogen) atoms. The minimum atomic E-state index is -0.186. The van der Waals surface area contributed by atoms with Crippen molar-refractivity contribution in [3.8, 4) is 0 Å². The molecule has 0 fully saturated rings. The molecule has 0 spiro atoms. The average Bonchev–Trinajstić information content (AvgIpc) is 2.47. The van der Waals surface area contributed by atoms with Crippen molar-refractivity contribution in [3.63, 3.8) is 0 Å². The lowest BCUT2D eigenvalue weighted by Gasteiger charge is -2.12. The van der Waals surface area contributed by atoms with E-state index in [9.17, 15) is 4.79 Å². The number of halogens is 1. The van der Waals surface area contributed by atoms with Gasteiger partial charge in [0.1, 0.15) is 11.9 Å². The lowest BCUT2D eigenvalue weighted by molar-refractivity contribution is 0.0145. The number of ether oxygens (including phenoxy) is 1. The molecule has 5 heteroatoms. The molecular formula is C8H11IN2O2. The van der Waals surface area contributed by atoms with E-state index >= 15 is 0 Å². The van der Waals surface area contributed by atoms with Crippen molar-refractivity contribution in [3.05, 3.63) is 15.5 Å². The van der Waals surface area contributed by atoms with Crippen LogP contribution in [0.4, 0.5) is 0 Å². The molecule has 4 nitrogen and oxygen atoms in total. The quantitative estimate of drug-likeness (QED) is 0.629. The predicted molar refractivity (Wildman–Crippen MR) is 56.7 cm³/mol. The molecule has 1 unspecified atom stereocenters. The molecule has 0 aliphatic rings. The largest absolute Gasteiger partial charge is 0.357 e. The first-order valence-electron chi connectivity index (χ1n) is 4.00. The molecule has 1 aromatic heterocycles. The highest BCUT2D eigenvalue weighted by Crippen LogP contribution is 2.14. The van der Waals surface area contributed by atoms with Gasteiger partial charge in [-0.3, -0.25) is 4.79 Å². The predicted octanol–water partition coefficient (Wildman–Crippen LogP) is 1.86. The van der Waals surface area contributed by atoms with Gasteiger partial charge in [-0.2, -0.15) is 5.10 Å². The number of rotatable bonds is 4. The Kier molecular flexibility index (Phi) is 3.86. The maximum absolute atomic E-state index is 10.7. The van der Waals surface area contributed by atoms with Gasteiger partial charge in [0.15, 0.2) is 6.29 Å². The van der Waals surface area contributed by atoms with Crippen molar-refractivity contribution < 1.29 is 9.53 Å². The second kappa shape index (κ2) is 4.71. The molecule has 0 N–H and O–H groups in total. The molecule has 1 rings (SSSR count). The number of hydrogen-bond donors (Lipinski definition) is 0. The summed E-state index contributed by atoms with van der Waals surface area (Å²) in [7, 11) is 0.